The van der Waals surface area contributed by atoms with Crippen LogP contribution < -0.4 is 10.6 Å². The third-order valence-electron chi connectivity index (χ3n) is 6.70. The third kappa shape index (κ3) is 8.66. The molecule has 10 heteroatoms. The summed E-state index contributed by atoms with van der Waals surface area (Å²) in [5, 5.41) is 5.22. The normalized spacial score (nSPS) is 17.0. The minimum absolute atomic E-state index is 0.0138. The average molecular weight is 537 g/mol. The maximum absolute atomic E-state index is 13.5. The summed E-state index contributed by atoms with van der Waals surface area (Å²) in [6.45, 7) is 3.58. The maximum atomic E-state index is 13.5. The Bertz CT molecular complexity index is 1130. The zero-order chi connectivity index (χ0) is 28.2. The average Bonchev–Trinajstić information content (AvgIpc) is 3.12. The van der Waals surface area contributed by atoms with E-state index in [1.165, 1.54) is 9.80 Å². The van der Waals surface area contributed by atoms with E-state index in [9.17, 15) is 24.0 Å². The molecule has 0 bridgehead atoms. The minimum atomic E-state index is -1.11. The van der Waals surface area contributed by atoms with Gasteiger partial charge in [-0.15, -0.1) is 0 Å². The van der Waals surface area contributed by atoms with Crippen molar-refractivity contribution in [2.75, 3.05) is 19.6 Å². The number of hydrogen-bond donors (Lipinski definition) is 2. The molecule has 3 rings (SSSR count). The Morgan fingerprint density at radius 3 is 2.28 bits per heavy atom. The SMILES string of the molecule is CC[C@@H](C=O)NC(=O)C(C)N1CCN(C(=O)CCc2ccccc2)C[C@H](NC(=O)OCc2ccccc2)C1=O. The number of nitrogens with zero attached hydrogens (tertiary/aromatic N) is 2. The van der Waals surface area contributed by atoms with Crippen molar-refractivity contribution in [3.63, 3.8) is 0 Å². The molecule has 0 radical (unpaired) electrons. The number of carbonyl (C=O) groups excluding carboxylic acids is 5. The van der Waals surface area contributed by atoms with E-state index in [0.717, 1.165) is 11.1 Å². The van der Waals surface area contributed by atoms with Crippen molar-refractivity contribution in [2.24, 2.45) is 0 Å². The van der Waals surface area contributed by atoms with E-state index in [1.807, 2.05) is 60.7 Å². The molecule has 1 aliphatic heterocycles. The van der Waals surface area contributed by atoms with Crippen molar-refractivity contribution in [1.29, 1.82) is 0 Å². The monoisotopic (exact) mass is 536 g/mol. The van der Waals surface area contributed by atoms with E-state index < -0.39 is 36.0 Å². The summed E-state index contributed by atoms with van der Waals surface area (Å²) in [5.74, 6) is -1.16. The van der Waals surface area contributed by atoms with Gasteiger partial charge >= 0.3 is 6.09 Å². The summed E-state index contributed by atoms with van der Waals surface area (Å²) >= 11 is 0. The largest absolute Gasteiger partial charge is 0.445 e. The Morgan fingerprint density at radius 1 is 1.03 bits per heavy atom. The van der Waals surface area contributed by atoms with Gasteiger partial charge in [0.25, 0.3) is 0 Å². The Labute approximate surface area is 228 Å². The lowest BCUT2D eigenvalue weighted by Crippen LogP contribution is -2.56. The number of rotatable bonds is 11. The van der Waals surface area contributed by atoms with Gasteiger partial charge in [0.1, 0.15) is 25.0 Å². The summed E-state index contributed by atoms with van der Waals surface area (Å²) in [7, 11) is 0. The van der Waals surface area contributed by atoms with E-state index >= 15 is 0 Å². The van der Waals surface area contributed by atoms with Crippen LogP contribution in [0.3, 0.4) is 0 Å². The van der Waals surface area contributed by atoms with Crippen LogP contribution in [0.5, 0.6) is 0 Å². The molecule has 1 fully saturated rings. The van der Waals surface area contributed by atoms with Crippen LogP contribution in [0.15, 0.2) is 60.7 Å². The van der Waals surface area contributed by atoms with E-state index in [4.69, 9.17) is 4.74 Å². The van der Waals surface area contributed by atoms with E-state index in [2.05, 4.69) is 10.6 Å². The molecule has 208 valence electrons. The van der Waals surface area contributed by atoms with Gasteiger partial charge in [-0.3, -0.25) is 14.4 Å². The molecule has 1 heterocycles. The lowest BCUT2D eigenvalue weighted by molar-refractivity contribution is -0.141. The van der Waals surface area contributed by atoms with Crippen molar-refractivity contribution < 1.29 is 28.7 Å². The first kappa shape index (κ1) is 29.3. The molecule has 2 aromatic rings. The standard InChI is InChI=1S/C29H36N4O6/c1-3-24(19-34)30-27(36)21(2)33-17-16-32(26(35)15-14-22-10-6-4-7-11-22)18-25(28(33)37)31-29(38)39-20-23-12-8-5-9-13-23/h4-13,19,21,24-25H,3,14-18,20H2,1-2H3,(H,30,36)(H,31,38)/t21?,24-,25-/m0/s1. The Balaban J connectivity index is 1.72. The van der Waals surface area contributed by atoms with Gasteiger partial charge in [-0.05, 0) is 30.9 Å². The predicted octanol–water partition coefficient (Wildman–Crippen LogP) is 2.07. The zero-order valence-corrected chi connectivity index (χ0v) is 22.4. The number of benzene rings is 2. The number of aldehydes is 1. The number of carbonyl (C=O) groups is 5. The molecule has 1 saturated heterocycles. The smallest absolute Gasteiger partial charge is 0.408 e. The number of hydrogen-bond acceptors (Lipinski definition) is 6. The second kappa shape index (κ2) is 14.7. The zero-order valence-electron chi connectivity index (χ0n) is 22.4. The second-order valence-corrected chi connectivity index (χ2v) is 9.45. The van der Waals surface area contributed by atoms with Gasteiger partial charge in [0.05, 0.1) is 12.6 Å². The lowest BCUT2D eigenvalue weighted by atomic mass is 10.1. The van der Waals surface area contributed by atoms with Gasteiger partial charge in [-0.1, -0.05) is 67.6 Å². The molecule has 1 unspecified atom stereocenters. The van der Waals surface area contributed by atoms with Gasteiger partial charge < -0.3 is 30.0 Å². The fourth-order valence-corrected chi connectivity index (χ4v) is 4.29. The number of alkyl carbamates (subject to hydrolysis) is 1. The van der Waals surface area contributed by atoms with Crippen molar-refractivity contribution in [2.45, 2.75) is 57.8 Å². The fraction of sp³-hybridized carbons (Fsp3) is 0.414. The quantitative estimate of drug-likeness (QED) is 0.424. The molecule has 2 N–H and O–H groups in total. The molecule has 0 aliphatic carbocycles. The highest BCUT2D eigenvalue weighted by molar-refractivity contribution is 5.93. The van der Waals surface area contributed by atoms with E-state index in [1.54, 1.807) is 13.8 Å². The minimum Gasteiger partial charge on any atom is -0.445 e. The highest BCUT2D eigenvalue weighted by Gasteiger charge is 2.37. The third-order valence-corrected chi connectivity index (χ3v) is 6.70. The molecule has 0 aromatic heterocycles. The van der Waals surface area contributed by atoms with Crippen LogP contribution in [0.1, 0.15) is 37.8 Å². The van der Waals surface area contributed by atoms with Crippen LogP contribution in [0, 0.1) is 0 Å². The molecule has 0 saturated carbocycles. The van der Waals surface area contributed by atoms with Crippen molar-refractivity contribution in [3.05, 3.63) is 71.8 Å². The molecular weight excluding hydrogens is 500 g/mol. The summed E-state index contributed by atoms with van der Waals surface area (Å²) in [6.07, 6.45) is 1.02. The lowest BCUT2D eigenvalue weighted by Gasteiger charge is -2.29. The van der Waals surface area contributed by atoms with E-state index in [0.29, 0.717) is 19.1 Å². The van der Waals surface area contributed by atoms with Crippen LogP contribution >= 0.6 is 0 Å². The van der Waals surface area contributed by atoms with Crippen molar-refractivity contribution in [1.82, 2.24) is 20.4 Å². The molecule has 2 aromatic carbocycles. The van der Waals surface area contributed by atoms with Gasteiger partial charge in [0.2, 0.25) is 17.7 Å². The Morgan fingerprint density at radius 2 is 1.67 bits per heavy atom. The Kier molecular flexibility index (Phi) is 11.0. The summed E-state index contributed by atoms with van der Waals surface area (Å²) in [6, 6.07) is 16.0. The van der Waals surface area contributed by atoms with E-state index in [-0.39, 0.29) is 38.6 Å². The summed E-state index contributed by atoms with van der Waals surface area (Å²) in [5.41, 5.74) is 1.80. The summed E-state index contributed by atoms with van der Waals surface area (Å²) < 4.78 is 5.30. The molecule has 39 heavy (non-hydrogen) atoms. The fourth-order valence-electron chi connectivity index (χ4n) is 4.29. The van der Waals surface area contributed by atoms with Gasteiger partial charge in [-0.2, -0.15) is 0 Å². The number of nitrogens with one attached hydrogen (secondary N) is 2. The van der Waals surface area contributed by atoms with Crippen LogP contribution in [-0.4, -0.2) is 77.7 Å². The van der Waals surface area contributed by atoms with Crippen LogP contribution in [0.4, 0.5) is 4.79 Å². The summed E-state index contributed by atoms with van der Waals surface area (Å²) in [4.78, 5) is 66.2. The first-order chi connectivity index (χ1) is 18.8. The van der Waals surface area contributed by atoms with Gasteiger partial charge in [0, 0.05) is 19.5 Å². The molecule has 3 atom stereocenters. The number of amides is 4. The molecule has 4 amide bonds. The topological polar surface area (TPSA) is 125 Å². The molecule has 0 spiro atoms. The van der Waals surface area contributed by atoms with Gasteiger partial charge in [0.15, 0.2) is 0 Å². The van der Waals surface area contributed by atoms with Gasteiger partial charge in [-0.25, -0.2) is 4.79 Å². The van der Waals surface area contributed by atoms with Crippen LogP contribution in [-0.2, 0) is 36.9 Å². The Hall–Kier alpha value is -4.21. The second-order valence-electron chi connectivity index (χ2n) is 9.45. The van der Waals surface area contributed by atoms with Crippen LogP contribution in [0.25, 0.3) is 0 Å². The molecule has 10 nitrogen and oxygen atoms in total. The predicted molar refractivity (Wildman–Crippen MR) is 144 cm³/mol. The van der Waals surface area contributed by atoms with Crippen LogP contribution in [0.2, 0.25) is 0 Å². The highest BCUT2D eigenvalue weighted by Crippen LogP contribution is 2.14. The maximum Gasteiger partial charge on any atom is 0.408 e. The highest BCUT2D eigenvalue weighted by atomic mass is 16.5. The number of aryl methyl sites for hydroxylation is 1. The molecular formula is C29H36N4O6. The number of ether oxygens (including phenoxy) is 1. The van der Waals surface area contributed by atoms with Crippen molar-refractivity contribution in [3.8, 4) is 0 Å². The first-order valence-electron chi connectivity index (χ1n) is 13.2. The first-order valence-corrected chi connectivity index (χ1v) is 13.2. The molecule has 1 aliphatic rings. The van der Waals surface area contributed by atoms with Crippen molar-refractivity contribution >= 4 is 30.1 Å².